The average molecular weight is 1590 g/mol. The van der Waals surface area contributed by atoms with Crippen molar-refractivity contribution < 1.29 is 101 Å². The standard InChI is InChI=1S/C11H10FN3OS.C10H7ClFN3OS.C9H8FN3S.C5H4BClFNO2.C5H2BrClFN.C5H5BrN2OS.C2H6B2O.CH5BO2.CH4O.3CH4.Na.H2O/c1-6-9(12)3-8(4-13-6)11-15-10(5-17-11)14-7(2)16;1-5(16)14-8-4-17-10(15-8)6-2-7(12)9(11)13-3-6;1-5-7(10)2-6(3-12-5)9-13-8(11)4-14-9;7-5-4(8)1-3(2-9-5)6(10)11;6-3-1-4(8)5(7)9-2-3;1-3(9)7-4-2-10-5(6)8-4;1-3-5-4-2;1-2(3)4;1-2;;;;;/h3-5H,1-2H3,(H,14,16);2-4H,1H3,(H,14,16);2-4H,11H2,1H3;1-2,10-11H;1-2H;2H,1H3,(H,7,9);1-2H3;3-4H,1H3;2H,1H3;3*1H4;;1H2/q;;;;;;;;;;;;+1;/p-1. The van der Waals surface area contributed by atoms with Gasteiger partial charge in [-0.2, -0.15) is 0 Å². The molecule has 504 valence electrons. The van der Waals surface area contributed by atoms with Crippen LogP contribution in [0, 0.1) is 42.9 Å². The van der Waals surface area contributed by atoms with Gasteiger partial charge in [0, 0.05) is 107 Å². The number of nitrogens with two attached hydrogens (primary N) is 1. The smallest absolute Gasteiger partial charge is 0.870 e. The molecule has 23 nitrogen and oxygen atoms in total. The second kappa shape index (κ2) is 53.0. The Balaban J connectivity index is -0.000000327. The molecule has 0 saturated heterocycles. The molecule has 9 aromatic heterocycles. The number of carbonyl (C=O) groups excluding carboxylic acids is 3. The summed E-state index contributed by atoms with van der Waals surface area (Å²) in [7, 11) is 1.37. The number of aryl methyl sites for hydroxylation is 2. The first-order valence-electron chi connectivity index (χ1n) is 24.2. The third kappa shape index (κ3) is 40.5. The quantitative estimate of drug-likeness (QED) is 0.0369. The fourth-order valence-electron chi connectivity index (χ4n) is 5.09. The fraction of sp³-hybridized carbons (Fsp3) is 0.231. The van der Waals surface area contributed by atoms with Crippen LogP contribution >= 0.6 is 112 Å². The van der Waals surface area contributed by atoms with E-state index in [9.17, 15) is 36.3 Å². The van der Waals surface area contributed by atoms with Gasteiger partial charge in [0.2, 0.25) is 17.7 Å². The van der Waals surface area contributed by atoms with Crippen LogP contribution in [-0.2, 0) is 19.0 Å². The second-order valence-corrected chi connectivity index (χ2v) is 22.5. The van der Waals surface area contributed by atoms with Crippen LogP contribution in [-0.4, -0.2) is 130 Å². The first-order valence-corrected chi connectivity index (χ1v) is 30.4. The molecule has 0 aliphatic rings. The molecule has 0 fully saturated rings. The van der Waals surface area contributed by atoms with E-state index in [1.807, 2.05) is 13.6 Å². The van der Waals surface area contributed by atoms with Gasteiger partial charge in [-0.25, -0.2) is 56.8 Å². The molecule has 94 heavy (non-hydrogen) atoms. The maximum atomic E-state index is 13.3. The van der Waals surface area contributed by atoms with Crippen LogP contribution in [0.1, 0.15) is 54.4 Å². The zero-order valence-electron chi connectivity index (χ0n) is 49.2. The first-order chi connectivity index (χ1) is 41.9. The Labute approximate surface area is 613 Å². The van der Waals surface area contributed by atoms with Crippen molar-refractivity contribution in [3.8, 4) is 31.7 Å². The summed E-state index contributed by atoms with van der Waals surface area (Å²) >= 11 is 27.6. The van der Waals surface area contributed by atoms with Crippen LogP contribution in [0.5, 0.6) is 0 Å². The van der Waals surface area contributed by atoms with E-state index in [0.717, 1.165) is 23.3 Å². The van der Waals surface area contributed by atoms with Gasteiger partial charge in [-0.05, 0) is 82.9 Å². The minimum absolute atomic E-state index is 0. The number of rotatable bonds is 9. The van der Waals surface area contributed by atoms with Crippen molar-refractivity contribution in [2.75, 3.05) is 28.8 Å². The number of anilines is 4. The van der Waals surface area contributed by atoms with Gasteiger partial charge in [0.1, 0.15) is 49.9 Å². The van der Waals surface area contributed by atoms with Crippen LogP contribution in [0.3, 0.4) is 0 Å². The summed E-state index contributed by atoms with van der Waals surface area (Å²) in [6.45, 7) is 12.4. The number of aromatic nitrogens is 9. The maximum absolute atomic E-state index is 13.3. The number of aliphatic hydroxyl groups is 1. The van der Waals surface area contributed by atoms with Crippen molar-refractivity contribution >= 4 is 188 Å². The number of pyridine rings is 5. The Hall–Kier alpha value is -5.06. The van der Waals surface area contributed by atoms with Gasteiger partial charge in [0.05, 0.1) is 11.4 Å². The van der Waals surface area contributed by atoms with Gasteiger partial charge < -0.3 is 56.9 Å². The van der Waals surface area contributed by atoms with Crippen molar-refractivity contribution in [3.05, 3.63) is 147 Å². The molecule has 3 amide bonds. The van der Waals surface area contributed by atoms with Gasteiger partial charge in [-0.3, -0.25) is 24.4 Å². The van der Waals surface area contributed by atoms with E-state index in [1.165, 1.54) is 110 Å². The summed E-state index contributed by atoms with van der Waals surface area (Å²) in [5, 5.41) is 55.2. The SMILES string of the molecule is C.C.C.CB(O)O.CC(=O)Nc1csc(-c2cnc(C)c(F)c2)n1.CC(=O)Nc1csc(-c2cnc(Cl)c(F)c2)n1.CC(=O)Nc1csc(Br)n1.CO.C[B]O[B]C.Cc1ncc(-c2nc(N)cs2)cc1F.Fc1cc(Br)cnc1Cl.OB(O)c1cnc(Cl)c(F)c1.[Na+].[OH-]. The molecule has 9 rings (SSSR count). The Morgan fingerprint density at radius 3 is 1.18 bits per heavy atom. The molecular formula is C52H64B4Br2Cl3F5N13NaO10S4. The van der Waals surface area contributed by atoms with E-state index < -0.39 is 31.7 Å². The van der Waals surface area contributed by atoms with Gasteiger partial charge in [-0.1, -0.05) is 70.7 Å². The number of halogens is 10. The molecule has 2 radical (unpaired) electrons. The molecule has 0 aromatic carbocycles. The number of amides is 3. The molecule has 0 spiro atoms. The normalized spacial score (nSPS) is 9.06. The maximum Gasteiger partial charge on any atom is 1.00 e. The molecule has 0 aliphatic carbocycles. The van der Waals surface area contributed by atoms with Crippen molar-refractivity contribution in [2.45, 2.75) is 77.4 Å². The zero-order chi connectivity index (χ0) is 67.5. The third-order valence-electron chi connectivity index (χ3n) is 8.66. The number of thiazole rings is 4. The van der Waals surface area contributed by atoms with Crippen molar-refractivity contribution in [2.24, 2.45) is 0 Å². The first kappa shape index (κ1) is 97.6. The van der Waals surface area contributed by atoms with Crippen molar-refractivity contribution in [1.82, 2.24) is 44.9 Å². The largest absolute Gasteiger partial charge is 1.00 e. The molecule has 9 heterocycles. The summed E-state index contributed by atoms with van der Waals surface area (Å²) in [6.07, 6.45) is 7.12. The number of hydrogen-bond donors (Lipinski definition) is 9. The summed E-state index contributed by atoms with van der Waals surface area (Å²) < 4.78 is 70.5. The number of hydrogen-bond acceptors (Lipinski definition) is 24. The Morgan fingerprint density at radius 1 is 0.553 bits per heavy atom. The van der Waals surface area contributed by atoms with E-state index >= 15 is 0 Å². The number of nitrogen functional groups attached to an aromatic ring is 1. The molecular weight excluding hydrogens is 1520 g/mol. The monoisotopic (exact) mass is 1580 g/mol. The zero-order valence-corrected chi connectivity index (χ0v) is 59.9. The molecule has 42 heteroatoms. The van der Waals surface area contributed by atoms with E-state index in [-0.39, 0.29) is 108 Å². The van der Waals surface area contributed by atoms with Gasteiger partial charge in [0.25, 0.3) is 15.0 Å². The number of nitrogens with zero attached hydrogens (tertiary/aromatic N) is 9. The minimum atomic E-state index is -1.71. The topological polar surface area (TPSA) is 370 Å². The fourth-order valence-corrected chi connectivity index (χ4v) is 8.81. The van der Waals surface area contributed by atoms with Gasteiger partial charge in [0.15, 0.2) is 36.8 Å². The summed E-state index contributed by atoms with van der Waals surface area (Å²) in [4.78, 5) is 66.8. The number of nitrogens with one attached hydrogen (secondary N) is 3. The van der Waals surface area contributed by atoms with Crippen LogP contribution in [0.25, 0.3) is 31.7 Å². The van der Waals surface area contributed by atoms with Crippen molar-refractivity contribution in [1.29, 1.82) is 0 Å². The number of aliphatic hydroxyl groups excluding tert-OH is 1. The van der Waals surface area contributed by atoms with E-state index in [1.54, 1.807) is 62.7 Å². The molecule has 11 N–H and O–H groups in total. The van der Waals surface area contributed by atoms with Gasteiger partial charge >= 0.3 is 43.8 Å². The van der Waals surface area contributed by atoms with Crippen molar-refractivity contribution in [3.63, 3.8) is 0 Å². The van der Waals surface area contributed by atoms with Crippen LogP contribution in [0.2, 0.25) is 35.9 Å². The molecule has 0 aliphatic heterocycles. The average Bonchev–Trinajstić information content (AvgIpc) is 1.75. The Kier molecular flexibility index (Phi) is 55.1. The third-order valence-corrected chi connectivity index (χ3v) is 14.0. The molecule has 0 saturated carbocycles. The number of carbonyl (C=O) groups is 3. The predicted molar refractivity (Wildman–Crippen MR) is 374 cm³/mol. The van der Waals surface area contributed by atoms with E-state index in [4.69, 9.17) is 65.7 Å². The van der Waals surface area contributed by atoms with Crippen LogP contribution in [0.15, 0.2) is 91.2 Å². The summed E-state index contributed by atoms with van der Waals surface area (Å²) in [6, 6.07) is 6.24. The molecule has 9 aromatic rings. The van der Waals surface area contributed by atoms with E-state index in [0.29, 0.717) is 70.8 Å². The van der Waals surface area contributed by atoms with Gasteiger partial charge in [-0.15, -0.1) is 45.3 Å². The summed E-state index contributed by atoms with van der Waals surface area (Å²) in [5.41, 5.74) is 7.98. The molecule has 0 atom stereocenters. The molecule has 0 bridgehead atoms. The second-order valence-electron chi connectivity index (χ2n) is 15.8. The predicted octanol–water partition coefficient (Wildman–Crippen LogP) is 9.63. The summed E-state index contributed by atoms with van der Waals surface area (Å²) in [5.74, 6) is -1.09. The van der Waals surface area contributed by atoms with Crippen LogP contribution < -0.4 is 56.7 Å². The Morgan fingerprint density at radius 2 is 0.883 bits per heavy atom. The van der Waals surface area contributed by atoms with E-state index in [2.05, 4.69) is 97.2 Å². The molecule has 0 unspecified atom stereocenters. The van der Waals surface area contributed by atoms with Crippen LogP contribution in [0.4, 0.5) is 45.2 Å². The Bertz CT molecular complexity index is 3550. The minimum Gasteiger partial charge on any atom is -0.870 e.